The van der Waals surface area contributed by atoms with Crippen LogP contribution in [-0.2, 0) is 16.6 Å². The molecular weight excluding hydrogens is 404 g/mol. The summed E-state index contributed by atoms with van der Waals surface area (Å²) in [6.07, 6.45) is -3.53. The monoisotopic (exact) mass is 430 g/mol. The summed E-state index contributed by atoms with van der Waals surface area (Å²) in [5.74, 6) is 0.443. The second-order valence-corrected chi connectivity index (χ2v) is 7.46. The smallest absolute Gasteiger partial charge is 0.252 e. The van der Waals surface area contributed by atoms with E-state index in [0.717, 1.165) is 17.0 Å². The number of carbonyl (C=O) groups excluding carboxylic acids is 1. The van der Waals surface area contributed by atoms with Gasteiger partial charge < -0.3 is 25.6 Å². The van der Waals surface area contributed by atoms with Crippen molar-refractivity contribution in [3.05, 3.63) is 17.7 Å². The number of hydrogen-bond acceptors (Lipinski definition) is 9. The molecule has 3 aromatic heterocycles. The van der Waals surface area contributed by atoms with Gasteiger partial charge in [-0.2, -0.15) is 5.10 Å². The lowest BCUT2D eigenvalue weighted by molar-refractivity contribution is -0.137. The van der Waals surface area contributed by atoms with E-state index >= 15 is 0 Å². The summed E-state index contributed by atoms with van der Waals surface area (Å²) in [6.45, 7) is 5.95. The number of rotatable bonds is 5. The predicted octanol–water partition coefficient (Wildman–Crippen LogP) is -0.359. The minimum atomic E-state index is -1.39. The molecule has 0 radical (unpaired) electrons. The molecule has 1 fully saturated rings. The Bertz CT molecular complexity index is 1140. The van der Waals surface area contributed by atoms with Crippen LogP contribution < -0.4 is 10.6 Å². The van der Waals surface area contributed by atoms with Gasteiger partial charge in [-0.1, -0.05) is 0 Å². The average Bonchev–Trinajstić information content (AvgIpc) is 3.36. The zero-order valence-corrected chi connectivity index (χ0v) is 18.0. The molecule has 1 aliphatic rings. The van der Waals surface area contributed by atoms with Crippen LogP contribution >= 0.6 is 0 Å². The highest BCUT2D eigenvalue weighted by Crippen LogP contribution is 2.34. The quantitative estimate of drug-likeness (QED) is 0.425. The van der Waals surface area contributed by atoms with Crippen molar-refractivity contribution in [2.75, 3.05) is 18.9 Å². The van der Waals surface area contributed by atoms with Crippen LogP contribution in [-0.4, -0.2) is 77.3 Å². The number of nitrogens with zero attached hydrogens (tertiary/aromatic N) is 6. The fourth-order valence-corrected chi connectivity index (χ4v) is 3.87. The number of anilines is 1. The zero-order chi connectivity index (χ0) is 22.4. The first kappa shape index (κ1) is 21.2. The number of hydrogen-bond donors (Lipinski definition) is 4. The van der Waals surface area contributed by atoms with Crippen LogP contribution in [0.25, 0.3) is 22.6 Å². The molecule has 3 aromatic rings. The van der Waals surface area contributed by atoms with Gasteiger partial charge in [0, 0.05) is 26.3 Å². The number of imidazole rings is 1. The summed E-state index contributed by atoms with van der Waals surface area (Å²) in [5, 5.41) is 31.0. The molecule has 1 amide bonds. The van der Waals surface area contributed by atoms with E-state index in [1.54, 1.807) is 18.7 Å². The molecule has 166 valence electrons. The van der Waals surface area contributed by atoms with Crippen LogP contribution in [0.4, 0.5) is 5.82 Å². The first-order valence-electron chi connectivity index (χ1n) is 10.0. The molecule has 1 aliphatic heterocycles. The van der Waals surface area contributed by atoms with E-state index in [1.807, 2.05) is 20.9 Å². The fraction of sp³-hybridized carbons (Fsp3) is 0.526. The maximum atomic E-state index is 12.2. The maximum Gasteiger partial charge on any atom is 0.252 e. The van der Waals surface area contributed by atoms with Crippen molar-refractivity contribution in [2.45, 2.75) is 45.3 Å². The molecule has 12 heteroatoms. The highest BCUT2D eigenvalue weighted by atomic mass is 16.6. The van der Waals surface area contributed by atoms with E-state index in [1.165, 1.54) is 10.9 Å². The minimum absolute atomic E-state index is 0.381. The number of fused-ring (bicyclic) bond motifs is 1. The van der Waals surface area contributed by atoms with E-state index in [-0.39, 0.29) is 0 Å². The minimum Gasteiger partial charge on any atom is -0.387 e. The van der Waals surface area contributed by atoms with Crippen molar-refractivity contribution in [2.24, 2.45) is 7.05 Å². The lowest BCUT2D eigenvalue weighted by Gasteiger charge is -2.17. The largest absolute Gasteiger partial charge is 0.387 e. The molecule has 4 heterocycles. The van der Waals surface area contributed by atoms with Gasteiger partial charge in [-0.25, -0.2) is 15.0 Å². The molecule has 0 aliphatic carbocycles. The standard InChI is InChI=1S/C19H26N8O4/c1-6-21-18(30)14-12(28)13(29)19(31-14)27-7-22-11-16(20-4)23-15(24-17(11)27)10-8(2)25-26(5)9(10)3/h7,12-14,19,28-29H,6H2,1-5H3,(H,21,30)(H,20,23,24). The first-order valence-corrected chi connectivity index (χ1v) is 10.0. The molecule has 0 saturated carbocycles. The van der Waals surface area contributed by atoms with Gasteiger partial charge in [0.15, 0.2) is 35.1 Å². The summed E-state index contributed by atoms with van der Waals surface area (Å²) in [5.41, 5.74) is 3.33. The Labute approximate surface area is 178 Å². The van der Waals surface area contributed by atoms with Crippen LogP contribution in [0.15, 0.2) is 6.33 Å². The molecule has 0 bridgehead atoms. The Morgan fingerprint density at radius 2 is 2.00 bits per heavy atom. The third-order valence-corrected chi connectivity index (χ3v) is 5.51. The molecule has 4 unspecified atom stereocenters. The number of likely N-dealkylation sites (N-methyl/N-ethyl adjacent to an activating group) is 1. The second kappa shape index (κ2) is 7.87. The van der Waals surface area contributed by atoms with Gasteiger partial charge in [-0.05, 0) is 20.8 Å². The summed E-state index contributed by atoms with van der Waals surface area (Å²) in [7, 11) is 3.57. The van der Waals surface area contributed by atoms with Crippen molar-refractivity contribution < 1.29 is 19.7 Å². The highest BCUT2D eigenvalue weighted by Gasteiger charge is 2.47. The number of aryl methyl sites for hydroxylation is 2. The normalized spacial score (nSPS) is 23.5. The van der Waals surface area contributed by atoms with Crippen LogP contribution in [0.2, 0.25) is 0 Å². The maximum absolute atomic E-state index is 12.2. The molecule has 1 saturated heterocycles. The molecule has 12 nitrogen and oxygen atoms in total. The average molecular weight is 430 g/mol. The van der Waals surface area contributed by atoms with Crippen molar-refractivity contribution in [3.8, 4) is 11.4 Å². The molecule has 4 rings (SSSR count). The van der Waals surface area contributed by atoms with E-state index in [2.05, 4.69) is 30.7 Å². The zero-order valence-electron chi connectivity index (χ0n) is 18.0. The van der Waals surface area contributed by atoms with Crippen LogP contribution in [0, 0.1) is 13.8 Å². The molecular formula is C19H26N8O4. The molecule has 0 aromatic carbocycles. The molecule has 31 heavy (non-hydrogen) atoms. The number of aliphatic hydroxyl groups excluding tert-OH is 2. The Balaban J connectivity index is 1.82. The third kappa shape index (κ3) is 3.32. The second-order valence-electron chi connectivity index (χ2n) is 7.46. The Hall–Kier alpha value is -3.09. The van der Waals surface area contributed by atoms with Crippen molar-refractivity contribution >= 4 is 22.9 Å². The van der Waals surface area contributed by atoms with Crippen LogP contribution in [0.3, 0.4) is 0 Å². The number of aromatic nitrogens is 6. The summed E-state index contributed by atoms with van der Waals surface area (Å²) < 4.78 is 9.00. The lowest BCUT2D eigenvalue weighted by atomic mass is 10.1. The number of nitrogens with one attached hydrogen (secondary N) is 2. The van der Waals surface area contributed by atoms with Crippen molar-refractivity contribution in [3.63, 3.8) is 0 Å². The third-order valence-electron chi connectivity index (χ3n) is 5.51. The predicted molar refractivity (Wildman–Crippen MR) is 111 cm³/mol. The Kier molecular flexibility index (Phi) is 5.37. The number of carbonyl (C=O) groups is 1. The van der Waals surface area contributed by atoms with Crippen LogP contribution in [0.1, 0.15) is 24.5 Å². The van der Waals surface area contributed by atoms with Crippen molar-refractivity contribution in [1.82, 2.24) is 34.6 Å². The van der Waals surface area contributed by atoms with Gasteiger partial charge in [0.2, 0.25) is 0 Å². The molecule has 4 N–H and O–H groups in total. The van der Waals surface area contributed by atoms with E-state index < -0.39 is 30.4 Å². The first-order chi connectivity index (χ1) is 14.8. The van der Waals surface area contributed by atoms with E-state index in [0.29, 0.717) is 29.4 Å². The Morgan fingerprint density at radius 3 is 2.61 bits per heavy atom. The number of ether oxygens (including phenoxy) is 1. The van der Waals surface area contributed by atoms with Crippen LogP contribution in [0.5, 0.6) is 0 Å². The number of amides is 1. The lowest BCUT2D eigenvalue weighted by Crippen LogP contribution is -2.42. The SMILES string of the molecule is CCNC(=O)C1OC(n2cnc3c(NC)nc(-c4c(C)nn(C)c4C)nc32)C(O)C1O. The molecule has 4 atom stereocenters. The van der Waals surface area contributed by atoms with Gasteiger partial charge in [-0.3, -0.25) is 14.0 Å². The van der Waals surface area contributed by atoms with E-state index in [9.17, 15) is 15.0 Å². The summed E-state index contributed by atoms with van der Waals surface area (Å²) in [6, 6.07) is 0. The topological polar surface area (TPSA) is 152 Å². The van der Waals surface area contributed by atoms with Gasteiger partial charge in [0.25, 0.3) is 5.91 Å². The Morgan fingerprint density at radius 1 is 1.26 bits per heavy atom. The fourth-order valence-electron chi connectivity index (χ4n) is 3.87. The molecule has 0 spiro atoms. The van der Waals surface area contributed by atoms with Gasteiger partial charge in [0.1, 0.15) is 12.2 Å². The van der Waals surface area contributed by atoms with Gasteiger partial charge in [0.05, 0.1) is 17.6 Å². The summed E-state index contributed by atoms with van der Waals surface area (Å²) in [4.78, 5) is 25.9. The number of aliphatic hydroxyl groups is 2. The van der Waals surface area contributed by atoms with Gasteiger partial charge in [-0.15, -0.1) is 0 Å². The van der Waals surface area contributed by atoms with Gasteiger partial charge >= 0.3 is 0 Å². The highest BCUT2D eigenvalue weighted by molar-refractivity contribution is 5.86. The summed E-state index contributed by atoms with van der Waals surface area (Å²) >= 11 is 0. The van der Waals surface area contributed by atoms with E-state index in [4.69, 9.17) is 4.74 Å². The van der Waals surface area contributed by atoms with Crippen molar-refractivity contribution in [1.29, 1.82) is 0 Å².